The summed E-state index contributed by atoms with van der Waals surface area (Å²) in [6.07, 6.45) is 10.3. The first kappa shape index (κ1) is 12.2. The summed E-state index contributed by atoms with van der Waals surface area (Å²) in [6.45, 7) is 3.56. The van der Waals surface area contributed by atoms with Gasteiger partial charge in [-0.05, 0) is 25.0 Å². The molecule has 4 nitrogen and oxygen atoms in total. The van der Waals surface area contributed by atoms with Gasteiger partial charge < -0.3 is 10.7 Å². The van der Waals surface area contributed by atoms with Gasteiger partial charge in [0, 0.05) is 42.0 Å². The van der Waals surface area contributed by atoms with Crippen molar-refractivity contribution in [1.29, 1.82) is 5.41 Å². The number of nitrogens with zero attached hydrogens (tertiary/aromatic N) is 2. The number of hydrogen-bond donors (Lipinski definition) is 2. The van der Waals surface area contributed by atoms with Crippen LogP contribution in [-0.2, 0) is 0 Å². The van der Waals surface area contributed by atoms with E-state index in [1.165, 1.54) is 19.1 Å². The number of pyridine rings is 1. The summed E-state index contributed by atoms with van der Waals surface area (Å²) in [4.78, 5) is 8.39. The zero-order chi connectivity index (χ0) is 12.8. The molecule has 0 saturated heterocycles. The van der Waals surface area contributed by atoms with Crippen LogP contribution in [0.25, 0.3) is 5.57 Å². The van der Waals surface area contributed by atoms with Gasteiger partial charge in [0.15, 0.2) is 0 Å². The van der Waals surface area contributed by atoms with Crippen LogP contribution in [0.2, 0.25) is 0 Å². The molecule has 2 N–H and O–H groups in total. The Hall–Kier alpha value is -2.23. The molecule has 0 spiro atoms. The molecule has 18 heavy (non-hydrogen) atoms. The molecule has 1 aliphatic rings. The molecule has 1 heterocycles. The minimum absolute atomic E-state index is 0.530. The van der Waals surface area contributed by atoms with Crippen LogP contribution in [0.4, 0.5) is 5.82 Å². The molecule has 0 unspecified atom stereocenters. The Kier molecular flexibility index (Phi) is 4.02. The quantitative estimate of drug-likeness (QED) is 0.751. The molecule has 0 aliphatic heterocycles. The number of nitrogens with one attached hydrogen (secondary N) is 2. The van der Waals surface area contributed by atoms with Crippen molar-refractivity contribution in [3.63, 3.8) is 0 Å². The molecule has 92 valence electrons. The largest absolute Gasteiger partial charge is 0.367 e. The highest BCUT2D eigenvalue weighted by atomic mass is 15.0. The van der Waals surface area contributed by atoms with E-state index in [2.05, 4.69) is 21.9 Å². The van der Waals surface area contributed by atoms with Crippen LogP contribution in [-0.4, -0.2) is 23.5 Å². The predicted molar refractivity (Wildman–Crippen MR) is 76.3 cm³/mol. The number of aliphatic imine (C=N–C) groups is 1. The first-order chi connectivity index (χ1) is 8.85. The smallest absolute Gasteiger partial charge is 0.134 e. The minimum atomic E-state index is 0.530. The van der Waals surface area contributed by atoms with Gasteiger partial charge in [-0.1, -0.05) is 12.7 Å². The Labute approximate surface area is 107 Å². The number of hydrogen-bond acceptors (Lipinski definition) is 4. The van der Waals surface area contributed by atoms with Gasteiger partial charge in [-0.25, -0.2) is 4.98 Å². The van der Waals surface area contributed by atoms with E-state index in [-0.39, 0.29) is 0 Å². The molecule has 1 fully saturated rings. The fourth-order valence-corrected chi connectivity index (χ4v) is 1.54. The molecular weight excluding hydrogens is 224 g/mol. The lowest BCUT2D eigenvalue weighted by Gasteiger charge is -2.09. The average molecular weight is 240 g/mol. The second kappa shape index (κ2) is 5.91. The van der Waals surface area contributed by atoms with Crippen LogP contribution in [0.3, 0.4) is 0 Å². The SMILES string of the molecule is C=CC=NC=C(C=N)c1cccnc1NC1CC1. The van der Waals surface area contributed by atoms with Gasteiger partial charge in [-0.2, -0.15) is 0 Å². The third-order valence-electron chi connectivity index (χ3n) is 2.60. The summed E-state index contributed by atoms with van der Waals surface area (Å²) in [5.74, 6) is 0.823. The van der Waals surface area contributed by atoms with Crippen molar-refractivity contribution < 1.29 is 0 Å². The second-order valence-electron chi connectivity index (χ2n) is 4.08. The van der Waals surface area contributed by atoms with Crippen LogP contribution in [0.1, 0.15) is 18.4 Å². The maximum absolute atomic E-state index is 7.48. The minimum Gasteiger partial charge on any atom is -0.367 e. The summed E-state index contributed by atoms with van der Waals surface area (Å²) in [5.41, 5.74) is 1.63. The van der Waals surface area contributed by atoms with E-state index in [4.69, 9.17) is 5.41 Å². The highest BCUT2D eigenvalue weighted by Gasteiger charge is 2.22. The van der Waals surface area contributed by atoms with Crippen molar-refractivity contribution in [2.24, 2.45) is 4.99 Å². The normalized spacial score (nSPS) is 15.7. The highest BCUT2D eigenvalue weighted by Crippen LogP contribution is 2.27. The van der Waals surface area contributed by atoms with Crippen molar-refractivity contribution in [1.82, 2.24) is 4.98 Å². The fourth-order valence-electron chi connectivity index (χ4n) is 1.54. The molecular formula is C14H16N4. The van der Waals surface area contributed by atoms with E-state index in [0.717, 1.165) is 17.0 Å². The monoisotopic (exact) mass is 240 g/mol. The predicted octanol–water partition coefficient (Wildman–Crippen LogP) is 2.90. The summed E-state index contributed by atoms with van der Waals surface area (Å²) < 4.78 is 0. The van der Waals surface area contributed by atoms with Crippen molar-refractivity contribution in [3.05, 3.63) is 42.7 Å². The Morgan fingerprint density at radius 2 is 2.39 bits per heavy atom. The van der Waals surface area contributed by atoms with E-state index in [0.29, 0.717) is 6.04 Å². The Morgan fingerprint density at radius 1 is 1.56 bits per heavy atom. The van der Waals surface area contributed by atoms with E-state index in [1.54, 1.807) is 24.7 Å². The second-order valence-corrected chi connectivity index (χ2v) is 4.08. The molecule has 0 atom stereocenters. The number of rotatable bonds is 6. The first-order valence-corrected chi connectivity index (χ1v) is 5.92. The summed E-state index contributed by atoms with van der Waals surface area (Å²) in [5, 5.41) is 10.8. The first-order valence-electron chi connectivity index (χ1n) is 5.92. The Bertz CT molecular complexity index is 498. The van der Waals surface area contributed by atoms with Gasteiger partial charge in [0.2, 0.25) is 0 Å². The maximum Gasteiger partial charge on any atom is 0.134 e. The topological polar surface area (TPSA) is 61.1 Å². The lowest BCUT2D eigenvalue weighted by molar-refractivity contribution is 1.11. The number of allylic oxidation sites excluding steroid dienone is 2. The van der Waals surface area contributed by atoms with Crippen LogP contribution < -0.4 is 5.32 Å². The van der Waals surface area contributed by atoms with E-state index in [1.807, 2.05) is 12.1 Å². The van der Waals surface area contributed by atoms with Crippen molar-refractivity contribution >= 4 is 23.8 Å². The van der Waals surface area contributed by atoms with Crippen LogP contribution >= 0.6 is 0 Å². The van der Waals surface area contributed by atoms with Gasteiger partial charge in [-0.3, -0.25) is 4.99 Å². The molecule has 1 aromatic heterocycles. The number of aromatic nitrogens is 1. The van der Waals surface area contributed by atoms with E-state index < -0.39 is 0 Å². The summed E-state index contributed by atoms with van der Waals surface area (Å²) in [7, 11) is 0. The third-order valence-corrected chi connectivity index (χ3v) is 2.60. The van der Waals surface area contributed by atoms with Crippen molar-refractivity contribution in [2.75, 3.05) is 5.32 Å². The van der Waals surface area contributed by atoms with Crippen LogP contribution in [0.5, 0.6) is 0 Å². The molecule has 1 saturated carbocycles. The van der Waals surface area contributed by atoms with Gasteiger partial charge in [-0.15, -0.1) is 0 Å². The Morgan fingerprint density at radius 3 is 3.06 bits per heavy atom. The molecule has 4 heteroatoms. The molecule has 0 amide bonds. The molecule has 2 rings (SSSR count). The molecule has 0 aromatic carbocycles. The lowest BCUT2D eigenvalue weighted by atomic mass is 10.1. The van der Waals surface area contributed by atoms with Gasteiger partial charge >= 0.3 is 0 Å². The van der Waals surface area contributed by atoms with Crippen LogP contribution in [0.15, 0.2) is 42.2 Å². The van der Waals surface area contributed by atoms with Crippen molar-refractivity contribution in [3.8, 4) is 0 Å². The fraction of sp³-hybridized carbons (Fsp3) is 0.214. The zero-order valence-corrected chi connectivity index (χ0v) is 10.1. The summed E-state index contributed by atoms with van der Waals surface area (Å²) in [6, 6.07) is 4.34. The lowest BCUT2D eigenvalue weighted by Crippen LogP contribution is -2.06. The molecule has 1 aromatic rings. The maximum atomic E-state index is 7.48. The van der Waals surface area contributed by atoms with Crippen LogP contribution in [0, 0.1) is 5.41 Å². The molecule has 0 radical (unpaired) electrons. The Balaban J connectivity index is 2.28. The van der Waals surface area contributed by atoms with Crippen molar-refractivity contribution in [2.45, 2.75) is 18.9 Å². The highest BCUT2D eigenvalue weighted by molar-refractivity contribution is 6.10. The molecule has 1 aliphatic carbocycles. The standard InChI is InChI=1S/C14H16N4/c1-2-7-16-10-11(9-15)13-4-3-8-17-14(13)18-12-5-6-12/h2-4,7-10,12,15H,1,5-6H2,(H,17,18). The van der Waals surface area contributed by atoms with Gasteiger partial charge in [0.05, 0.1) is 0 Å². The van der Waals surface area contributed by atoms with Gasteiger partial charge in [0.25, 0.3) is 0 Å². The summed E-state index contributed by atoms with van der Waals surface area (Å²) >= 11 is 0. The van der Waals surface area contributed by atoms with E-state index in [9.17, 15) is 0 Å². The third kappa shape index (κ3) is 3.13. The number of anilines is 1. The van der Waals surface area contributed by atoms with E-state index >= 15 is 0 Å². The zero-order valence-electron chi connectivity index (χ0n) is 10.1. The molecule has 0 bridgehead atoms. The average Bonchev–Trinajstić information content (AvgIpc) is 3.20. The van der Waals surface area contributed by atoms with Gasteiger partial charge in [0.1, 0.15) is 5.82 Å².